The van der Waals surface area contributed by atoms with Gasteiger partial charge in [0.05, 0.1) is 11.1 Å². The molecule has 0 spiro atoms. The molecule has 21 heavy (non-hydrogen) atoms. The molecule has 1 N–H and O–H groups in total. The Balaban J connectivity index is 2.02. The average molecular weight is 287 g/mol. The van der Waals surface area contributed by atoms with Gasteiger partial charge in [0, 0.05) is 23.3 Å². The van der Waals surface area contributed by atoms with Crippen LogP contribution in [-0.2, 0) is 0 Å². The summed E-state index contributed by atoms with van der Waals surface area (Å²) in [4.78, 5) is 21.8. The number of halogens is 1. The second-order valence-corrected chi connectivity index (χ2v) is 4.06. The zero-order chi connectivity index (χ0) is 15.2. The largest absolute Gasteiger partial charge is 0.271 e. The molecule has 0 aliphatic carbocycles. The lowest BCUT2D eigenvalue weighted by molar-refractivity contribution is -0.384. The van der Waals surface area contributed by atoms with Gasteiger partial charge >= 0.3 is 0 Å². The molecule has 0 bridgehead atoms. The summed E-state index contributed by atoms with van der Waals surface area (Å²) in [5.41, 5.74) is 2.92. The van der Waals surface area contributed by atoms with Crippen molar-refractivity contribution in [2.45, 2.75) is 0 Å². The van der Waals surface area contributed by atoms with Crippen LogP contribution in [-0.4, -0.2) is 17.0 Å². The average Bonchev–Trinajstić information content (AvgIpc) is 2.48. The lowest BCUT2D eigenvalue weighted by atomic mass is 10.2. The van der Waals surface area contributed by atoms with Crippen molar-refractivity contribution < 1.29 is 14.1 Å². The quantitative estimate of drug-likeness (QED) is 0.532. The fourth-order valence-electron chi connectivity index (χ4n) is 1.55. The van der Waals surface area contributed by atoms with E-state index in [0.717, 1.165) is 0 Å². The van der Waals surface area contributed by atoms with Crippen molar-refractivity contribution in [2.24, 2.45) is 5.10 Å². The predicted octanol–water partition coefficient (Wildman–Crippen LogP) is 2.50. The number of nitrogens with one attached hydrogen (secondary N) is 1. The molecule has 0 aliphatic heterocycles. The number of amides is 1. The van der Waals surface area contributed by atoms with Crippen LogP contribution in [0.2, 0.25) is 0 Å². The normalized spacial score (nSPS) is 10.5. The van der Waals surface area contributed by atoms with Crippen LogP contribution in [0.5, 0.6) is 0 Å². The molecule has 0 heterocycles. The Labute approximate surface area is 119 Å². The van der Waals surface area contributed by atoms with E-state index in [0.29, 0.717) is 5.56 Å². The Kier molecular flexibility index (Phi) is 4.35. The summed E-state index contributed by atoms with van der Waals surface area (Å²) < 4.78 is 12.7. The van der Waals surface area contributed by atoms with Gasteiger partial charge in [-0.15, -0.1) is 0 Å². The van der Waals surface area contributed by atoms with E-state index in [1.807, 2.05) is 0 Å². The molecule has 0 radical (unpaired) electrons. The van der Waals surface area contributed by atoms with Crippen LogP contribution in [0, 0.1) is 15.9 Å². The van der Waals surface area contributed by atoms with Crippen LogP contribution in [0.3, 0.4) is 0 Å². The summed E-state index contributed by atoms with van der Waals surface area (Å²) in [6.07, 6.45) is 1.29. The van der Waals surface area contributed by atoms with Crippen LogP contribution in [0.4, 0.5) is 10.1 Å². The highest BCUT2D eigenvalue weighted by Crippen LogP contribution is 2.11. The van der Waals surface area contributed by atoms with Gasteiger partial charge in [-0.3, -0.25) is 14.9 Å². The van der Waals surface area contributed by atoms with Gasteiger partial charge in [0.2, 0.25) is 0 Å². The summed E-state index contributed by atoms with van der Waals surface area (Å²) in [7, 11) is 0. The van der Waals surface area contributed by atoms with E-state index in [1.165, 1.54) is 48.7 Å². The number of nitro benzene ring substituents is 1. The number of hydrogen-bond acceptors (Lipinski definition) is 4. The molecule has 2 aromatic rings. The zero-order valence-corrected chi connectivity index (χ0v) is 10.7. The highest BCUT2D eigenvalue weighted by Gasteiger charge is 2.05. The second-order valence-electron chi connectivity index (χ2n) is 4.06. The predicted molar refractivity (Wildman–Crippen MR) is 74.6 cm³/mol. The first-order valence-electron chi connectivity index (χ1n) is 5.90. The number of benzene rings is 2. The molecule has 0 fully saturated rings. The Hall–Kier alpha value is -3.09. The Morgan fingerprint density at radius 3 is 2.62 bits per heavy atom. The monoisotopic (exact) mass is 287 g/mol. The van der Waals surface area contributed by atoms with E-state index in [-0.39, 0.29) is 11.3 Å². The molecule has 0 aromatic heterocycles. The fraction of sp³-hybridized carbons (Fsp3) is 0. The molecular weight excluding hydrogens is 277 g/mol. The molecule has 2 aromatic carbocycles. The maximum atomic E-state index is 12.7. The van der Waals surface area contributed by atoms with Crippen molar-refractivity contribution in [2.75, 3.05) is 0 Å². The first-order chi connectivity index (χ1) is 10.1. The Bertz CT molecular complexity index is 699. The lowest BCUT2D eigenvalue weighted by Crippen LogP contribution is -2.17. The molecule has 0 unspecified atom stereocenters. The molecule has 1 amide bonds. The maximum Gasteiger partial charge on any atom is 0.271 e. The highest BCUT2D eigenvalue weighted by atomic mass is 19.1. The van der Waals surface area contributed by atoms with Crippen LogP contribution in [0.1, 0.15) is 15.9 Å². The Morgan fingerprint density at radius 1 is 1.24 bits per heavy atom. The first kappa shape index (κ1) is 14.3. The van der Waals surface area contributed by atoms with Crippen molar-refractivity contribution in [3.05, 3.63) is 75.6 Å². The van der Waals surface area contributed by atoms with E-state index >= 15 is 0 Å². The molecule has 0 atom stereocenters. The Morgan fingerprint density at radius 2 is 1.95 bits per heavy atom. The lowest BCUT2D eigenvalue weighted by Gasteiger charge is -1.99. The summed E-state index contributed by atoms with van der Waals surface area (Å²) in [5, 5.41) is 14.3. The van der Waals surface area contributed by atoms with Crippen molar-refractivity contribution >= 4 is 17.8 Å². The van der Waals surface area contributed by atoms with Gasteiger partial charge < -0.3 is 0 Å². The number of non-ortho nitro benzene ring substituents is 1. The maximum absolute atomic E-state index is 12.7. The fourth-order valence-corrected chi connectivity index (χ4v) is 1.55. The number of rotatable bonds is 4. The highest BCUT2D eigenvalue weighted by molar-refractivity contribution is 5.94. The third-order valence-electron chi connectivity index (χ3n) is 2.57. The van der Waals surface area contributed by atoms with Crippen molar-refractivity contribution in [3.8, 4) is 0 Å². The van der Waals surface area contributed by atoms with Gasteiger partial charge in [0.1, 0.15) is 5.82 Å². The number of hydrogen-bond donors (Lipinski definition) is 1. The number of hydrazone groups is 1. The standard InChI is InChI=1S/C14H10FN3O3/c15-12-6-4-11(5-7-12)14(19)17-16-9-10-2-1-3-13(8-10)18(20)21/h1-9H,(H,17,19). The van der Waals surface area contributed by atoms with Crippen molar-refractivity contribution in [3.63, 3.8) is 0 Å². The van der Waals surface area contributed by atoms with Crippen LogP contribution < -0.4 is 5.43 Å². The van der Waals surface area contributed by atoms with Crippen molar-refractivity contribution in [1.82, 2.24) is 5.43 Å². The summed E-state index contributed by atoms with van der Waals surface area (Å²) >= 11 is 0. The van der Waals surface area contributed by atoms with E-state index < -0.39 is 16.6 Å². The summed E-state index contributed by atoms with van der Waals surface area (Å²) in [5.74, 6) is -0.941. The third kappa shape index (κ3) is 3.93. The SMILES string of the molecule is O=C(NN=Cc1cccc([N+](=O)[O-])c1)c1ccc(F)cc1. The molecule has 0 saturated carbocycles. The van der Waals surface area contributed by atoms with Gasteiger partial charge in [0.25, 0.3) is 11.6 Å². The van der Waals surface area contributed by atoms with Crippen LogP contribution in [0.25, 0.3) is 0 Å². The molecule has 0 aliphatic rings. The van der Waals surface area contributed by atoms with E-state index in [2.05, 4.69) is 10.5 Å². The summed E-state index contributed by atoms with van der Waals surface area (Å²) in [6, 6.07) is 10.8. The number of carbonyl (C=O) groups is 1. The van der Waals surface area contributed by atoms with Gasteiger partial charge in [-0.1, -0.05) is 12.1 Å². The zero-order valence-electron chi connectivity index (χ0n) is 10.7. The van der Waals surface area contributed by atoms with E-state index in [4.69, 9.17) is 0 Å². The molecular formula is C14H10FN3O3. The number of nitrogens with zero attached hydrogens (tertiary/aromatic N) is 2. The minimum Gasteiger partial charge on any atom is -0.267 e. The second kappa shape index (κ2) is 6.38. The van der Waals surface area contributed by atoms with Crippen molar-refractivity contribution in [1.29, 1.82) is 0 Å². The van der Waals surface area contributed by atoms with Crippen LogP contribution in [0.15, 0.2) is 53.6 Å². The molecule has 0 saturated heterocycles. The van der Waals surface area contributed by atoms with Gasteiger partial charge in [-0.05, 0) is 24.3 Å². The topological polar surface area (TPSA) is 84.6 Å². The van der Waals surface area contributed by atoms with Crippen LogP contribution >= 0.6 is 0 Å². The molecule has 2 rings (SSSR count). The molecule has 7 heteroatoms. The van der Waals surface area contributed by atoms with E-state index in [9.17, 15) is 19.3 Å². The third-order valence-corrected chi connectivity index (χ3v) is 2.57. The van der Waals surface area contributed by atoms with Gasteiger partial charge in [-0.25, -0.2) is 9.82 Å². The number of carbonyl (C=O) groups excluding carboxylic acids is 1. The van der Waals surface area contributed by atoms with Gasteiger partial charge in [0.15, 0.2) is 0 Å². The van der Waals surface area contributed by atoms with E-state index in [1.54, 1.807) is 6.07 Å². The summed E-state index contributed by atoms with van der Waals surface area (Å²) in [6.45, 7) is 0. The minimum absolute atomic E-state index is 0.0659. The molecule has 106 valence electrons. The smallest absolute Gasteiger partial charge is 0.267 e. The minimum atomic E-state index is -0.519. The first-order valence-corrected chi connectivity index (χ1v) is 5.90. The number of nitro groups is 1. The molecule has 6 nitrogen and oxygen atoms in total. The van der Waals surface area contributed by atoms with Gasteiger partial charge in [-0.2, -0.15) is 5.10 Å².